The smallest absolute Gasteiger partial charge is 0.131 e. The molecule has 0 atom stereocenters. The molecule has 37 heavy (non-hydrogen) atoms. The van der Waals surface area contributed by atoms with Crippen LogP contribution in [0.1, 0.15) is 46.5 Å². The van der Waals surface area contributed by atoms with Gasteiger partial charge in [0.25, 0.3) is 0 Å². The summed E-state index contributed by atoms with van der Waals surface area (Å²) in [7, 11) is 0. The van der Waals surface area contributed by atoms with Crippen molar-refractivity contribution in [1.29, 1.82) is 0 Å². The molecule has 6 heteroatoms. The molecule has 0 N–H and O–H groups in total. The summed E-state index contributed by atoms with van der Waals surface area (Å²) in [4.78, 5) is 9.84. The van der Waals surface area contributed by atoms with E-state index in [0.717, 1.165) is 78.6 Å². The van der Waals surface area contributed by atoms with Crippen LogP contribution in [0.25, 0.3) is 22.2 Å². The molecule has 0 aliphatic carbocycles. The van der Waals surface area contributed by atoms with E-state index in [0.29, 0.717) is 13.2 Å². The van der Waals surface area contributed by atoms with E-state index in [2.05, 4.69) is 54.8 Å². The Morgan fingerprint density at radius 2 is 1.51 bits per heavy atom. The van der Waals surface area contributed by atoms with E-state index in [1.54, 1.807) is 0 Å². The van der Waals surface area contributed by atoms with Crippen LogP contribution in [0.15, 0.2) is 48.5 Å². The number of hydrogen-bond donors (Lipinski definition) is 0. The van der Waals surface area contributed by atoms with Crippen LogP contribution in [0.2, 0.25) is 0 Å². The van der Waals surface area contributed by atoms with Gasteiger partial charge in [-0.1, -0.05) is 27.2 Å². The number of ether oxygens (including phenoxy) is 3. The first-order chi connectivity index (χ1) is 18.2. The largest absolute Gasteiger partial charge is 0.494 e. The lowest BCUT2D eigenvalue weighted by molar-refractivity contribution is 0.183. The van der Waals surface area contributed by atoms with Gasteiger partial charge in [0, 0.05) is 30.1 Å². The van der Waals surface area contributed by atoms with Crippen molar-refractivity contribution < 1.29 is 14.2 Å². The average Bonchev–Trinajstić information content (AvgIpc) is 2.95. The lowest BCUT2D eigenvalue weighted by Crippen LogP contribution is -2.33. The number of benzene rings is 2. The molecule has 4 rings (SSSR count). The molecule has 2 heterocycles. The Labute approximate surface area is 222 Å². The second-order valence-corrected chi connectivity index (χ2v) is 9.68. The van der Waals surface area contributed by atoms with Gasteiger partial charge in [-0.2, -0.15) is 0 Å². The Morgan fingerprint density at radius 1 is 0.784 bits per heavy atom. The summed E-state index contributed by atoms with van der Waals surface area (Å²) >= 11 is 0. The number of pyridine rings is 1. The maximum absolute atomic E-state index is 6.38. The molecule has 0 spiro atoms. The van der Waals surface area contributed by atoms with Gasteiger partial charge in [-0.05, 0) is 87.9 Å². The molecule has 200 valence electrons. The monoisotopic (exact) mass is 505 g/mol. The number of fused-ring (bicyclic) bond motifs is 1. The molecule has 0 bridgehead atoms. The fourth-order valence-corrected chi connectivity index (χ4v) is 4.77. The van der Waals surface area contributed by atoms with Crippen LogP contribution < -0.4 is 14.2 Å². The van der Waals surface area contributed by atoms with Gasteiger partial charge in [-0.15, -0.1) is 0 Å². The van der Waals surface area contributed by atoms with E-state index in [4.69, 9.17) is 19.2 Å². The van der Waals surface area contributed by atoms with Crippen LogP contribution in [0.4, 0.5) is 0 Å². The van der Waals surface area contributed by atoms with Gasteiger partial charge >= 0.3 is 0 Å². The van der Waals surface area contributed by atoms with E-state index in [1.807, 2.05) is 24.3 Å². The Bertz CT molecular complexity index is 1090. The normalized spacial score (nSPS) is 14.3. The van der Waals surface area contributed by atoms with Crippen molar-refractivity contribution in [3.63, 3.8) is 0 Å². The molecule has 1 fully saturated rings. The third-order valence-electron chi connectivity index (χ3n) is 7.05. The van der Waals surface area contributed by atoms with Crippen LogP contribution >= 0.6 is 0 Å². The third-order valence-corrected chi connectivity index (χ3v) is 7.05. The lowest BCUT2D eigenvalue weighted by atomic mass is 10.1. The van der Waals surface area contributed by atoms with Crippen molar-refractivity contribution in [2.45, 2.75) is 46.5 Å². The predicted octanol–water partition coefficient (Wildman–Crippen LogP) is 6.28. The minimum Gasteiger partial charge on any atom is -0.494 e. The molecule has 0 amide bonds. The summed E-state index contributed by atoms with van der Waals surface area (Å²) < 4.78 is 18.3. The van der Waals surface area contributed by atoms with E-state index < -0.39 is 0 Å². The maximum atomic E-state index is 6.38. The highest BCUT2D eigenvalue weighted by Gasteiger charge is 2.13. The van der Waals surface area contributed by atoms with Gasteiger partial charge in [-0.25, -0.2) is 4.98 Å². The third kappa shape index (κ3) is 7.83. The first-order valence-electron chi connectivity index (χ1n) is 14.1. The molecule has 1 saturated heterocycles. The van der Waals surface area contributed by atoms with E-state index in [9.17, 15) is 0 Å². The number of nitrogens with zero attached hydrogens (tertiary/aromatic N) is 3. The quantitative estimate of drug-likeness (QED) is 0.257. The van der Waals surface area contributed by atoms with E-state index in [-0.39, 0.29) is 0 Å². The number of likely N-dealkylation sites (N-methyl/N-ethyl adjacent to an activating group) is 1. The molecule has 3 aromatic rings. The van der Waals surface area contributed by atoms with Crippen molar-refractivity contribution in [1.82, 2.24) is 14.8 Å². The van der Waals surface area contributed by atoms with Crippen molar-refractivity contribution in [2.24, 2.45) is 0 Å². The Morgan fingerprint density at radius 3 is 2.24 bits per heavy atom. The zero-order chi connectivity index (χ0) is 25.9. The Hall–Kier alpha value is -2.83. The van der Waals surface area contributed by atoms with Crippen LogP contribution in [0, 0.1) is 0 Å². The van der Waals surface area contributed by atoms with Crippen LogP contribution in [-0.4, -0.2) is 73.9 Å². The van der Waals surface area contributed by atoms with Gasteiger partial charge < -0.3 is 19.1 Å². The topological polar surface area (TPSA) is 47.1 Å². The van der Waals surface area contributed by atoms with E-state index in [1.165, 1.54) is 32.4 Å². The zero-order valence-corrected chi connectivity index (χ0v) is 22.9. The van der Waals surface area contributed by atoms with Crippen molar-refractivity contribution >= 4 is 10.9 Å². The second-order valence-electron chi connectivity index (χ2n) is 9.68. The second kappa shape index (κ2) is 14.2. The van der Waals surface area contributed by atoms with Crippen LogP contribution in [0.5, 0.6) is 17.2 Å². The summed E-state index contributed by atoms with van der Waals surface area (Å²) in [5.74, 6) is 2.60. The standard InChI is InChI=1S/C31H43N3O3/c1-4-20-35-26-12-10-25(11-13-26)30-24-31(37-22-18-33(5-2)6-3)28-23-27(14-15-29(28)32-30)36-21-19-34-16-8-7-9-17-34/h10-15,23-24H,4-9,16-22H2,1-3H3. The molecule has 1 aliphatic rings. The van der Waals surface area contributed by atoms with Gasteiger partial charge in [0.15, 0.2) is 0 Å². The van der Waals surface area contributed by atoms with Crippen molar-refractivity contribution in [3.8, 4) is 28.5 Å². The highest BCUT2D eigenvalue weighted by atomic mass is 16.5. The fraction of sp³-hybridized carbons (Fsp3) is 0.516. The minimum atomic E-state index is 0.629. The summed E-state index contributed by atoms with van der Waals surface area (Å²) in [6, 6.07) is 16.4. The van der Waals surface area contributed by atoms with Crippen molar-refractivity contribution in [3.05, 3.63) is 48.5 Å². The van der Waals surface area contributed by atoms with Gasteiger partial charge in [0.1, 0.15) is 30.5 Å². The van der Waals surface area contributed by atoms with Crippen LogP contribution in [-0.2, 0) is 0 Å². The molecule has 0 unspecified atom stereocenters. The maximum Gasteiger partial charge on any atom is 0.131 e. The Kier molecular flexibility index (Phi) is 10.4. The number of rotatable bonds is 14. The molecule has 0 radical (unpaired) electrons. The fourth-order valence-electron chi connectivity index (χ4n) is 4.77. The highest BCUT2D eigenvalue weighted by Crippen LogP contribution is 2.33. The summed E-state index contributed by atoms with van der Waals surface area (Å²) in [5.41, 5.74) is 2.84. The van der Waals surface area contributed by atoms with Crippen molar-refractivity contribution in [2.75, 3.05) is 59.1 Å². The number of piperidine rings is 1. The molecular formula is C31H43N3O3. The van der Waals surface area contributed by atoms with Crippen LogP contribution in [0.3, 0.4) is 0 Å². The molecule has 6 nitrogen and oxygen atoms in total. The minimum absolute atomic E-state index is 0.629. The highest BCUT2D eigenvalue weighted by molar-refractivity contribution is 5.89. The van der Waals surface area contributed by atoms with Gasteiger partial charge in [-0.3, -0.25) is 4.90 Å². The SMILES string of the molecule is CCCOc1ccc(-c2cc(OCCN(CC)CC)c3cc(OCCN4CCCCC4)ccc3n2)cc1. The number of likely N-dealkylation sites (tertiary alicyclic amines) is 1. The number of hydrogen-bond acceptors (Lipinski definition) is 6. The molecular weight excluding hydrogens is 462 g/mol. The first-order valence-corrected chi connectivity index (χ1v) is 14.1. The number of aromatic nitrogens is 1. The van der Waals surface area contributed by atoms with Gasteiger partial charge in [0.2, 0.25) is 0 Å². The predicted molar refractivity (Wildman–Crippen MR) is 152 cm³/mol. The zero-order valence-electron chi connectivity index (χ0n) is 22.9. The first kappa shape index (κ1) is 27.2. The average molecular weight is 506 g/mol. The van der Waals surface area contributed by atoms with E-state index >= 15 is 0 Å². The molecule has 2 aromatic carbocycles. The summed E-state index contributed by atoms with van der Waals surface area (Å²) in [6.45, 7) is 14.8. The molecule has 0 saturated carbocycles. The molecule has 1 aromatic heterocycles. The van der Waals surface area contributed by atoms with Gasteiger partial charge in [0.05, 0.1) is 17.8 Å². The summed E-state index contributed by atoms with van der Waals surface area (Å²) in [5, 5.41) is 0.988. The lowest BCUT2D eigenvalue weighted by Gasteiger charge is -2.26. The Balaban J connectivity index is 1.54. The summed E-state index contributed by atoms with van der Waals surface area (Å²) in [6.07, 6.45) is 4.94. The molecule has 1 aliphatic heterocycles.